The number of carbonyl (C=O) groups excluding carboxylic acids is 2. The van der Waals surface area contributed by atoms with Gasteiger partial charge in [-0.05, 0) is 37.6 Å². The zero-order valence-corrected chi connectivity index (χ0v) is 25.1. The molecular formula is C28H26Cl2N4O4S2. The Balaban J connectivity index is 1.50. The number of rotatable bonds is 11. The number of thioether (sulfide) groups is 1. The van der Waals surface area contributed by atoms with Crippen LogP contribution >= 0.6 is 46.3 Å². The molecule has 1 unspecified atom stereocenters. The number of aromatic nitrogens is 3. The molecule has 1 atom stereocenters. The van der Waals surface area contributed by atoms with Crippen LogP contribution in [-0.2, 0) is 16.1 Å². The second-order valence-electron chi connectivity index (χ2n) is 8.51. The minimum absolute atomic E-state index is 0.0335. The SMILES string of the molecule is C=CCn1c(SCC(=O)Nc2sc(C)c(-c3ccccc3)c2C(=O)OC)nnc1C(C)Oc1ccc(Cl)cc1Cl. The maximum Gasteiger partial charge on any atom is 0.341 e. The van der Waals surface area contributed by atoms with Crippen molar-refractivity contribution in [2.24, 2.45) is 0 Å². The molecular weight excluding hydrogens is 591 g/mol. The zero-order chi connectivity index (χ0) is 28.8. The van der Waals surface area contributed by atoms with E-state index in [-0.39, 0.29) is 11.7 Å². The molecule has 1 amide bonds. The van der Waals surface area contributed by atoms with Crippen molar-refractivity contribution in [3.63, 3.8) is 0 Å². The van der Waals surface area contributed by atoms with E-state index >= 15 is 0 Å². The largest absolute Gasteiger partial charge is 0.481 e. The van der Waals surface area contributed by atoms with Crippen LogP contribution < -0.4 is 10.1 Å². The normalized spacial score (nSPS) is 11.6. The fraction of sp³-hybridized carbons (Fsp3) is 0.214. The number of esters is 1. The Bertz CT molecular complexity index is 1540. The number of ether oxygens (including phenoxy) is 2. The van der Waals surface area contributed by atoms with Crippen LogP contribution in [-0.4, -0.2) is 39.5 Å². The van der Waals surface area contributed by atoms with Gasteiger partial charge in [0.2, 0.25) is 5.91 Å². The number of benzene rings is 2. The molecule has 0 aliphatic carbocycles. The van der Waals surface area contributed by atoms with E-state index < -0.39 is 12.1 Å². The standard InChI is InChI=1S/C28H26Cl2N4O4S2/c1-5-13-34-25(16(2)38-21-12-11-19(29)14-20(21)30)32-33-28(34)39-15-22(35)31-26-24(27(36)37-4)23(17(3)40-26)18-9-7-6-8-10-18/h5-12,14,16H,1,13,15H2,2-4H3,(H,31,35). The summed E-state index contributed by atoms with van der Waals surface area (Å²) in [7, 11) is 1.32. The third-order valence-corrected chi connectivity index (χ3v) is 8.26. The Kier molecular flexibility index (Phi) is 9.91. The lowest BCUT2D eigenvalue weighted by atomic mass is 10.0. The van der Waals surface area contributed by atoms with Gasteiger partial charge in [0.15, 0.2) is 17.1 Å². The van der Waals surface area contributed by atoms with Crippen LogP contribution in [0.2, 0.25) is 10.0 Å². The van der Waals surface area contributed by atoms with Crippen molar-refractivity contribution in [1.29, 1.82) is 0 Å². The molecule has 0 spiro atoms. The van der Waals surface area contributed by atoms with Gasteiger partial charge < -0.3 is 14.8 Å². The van der Waals surface area contributed by atoms with Crippen molar-refractivity contribution in [3.8, 4) is 16.9 Å². The number of amides is 1. The van der Waals surface area contributed by atoms with Gasteiger partial charge in [0.05, 0.1) is 17.9 Å². The number of halogens is 2. The van der Waals surface area contributed by atoms with E-state index in [0.29, 0.717) is 43.9 Å². The maximum absolute atomic E-state index is 13.0. The molecule has 4 aromatic rings. The molecule has 8 nitrogen and oxygen atoms in total. The van der Waals surface area contributed by atoms with Crippen LogP contribution in [0.5, 0.6) is 5.75 Å². The van der Waals surface area contributed by atoms with Crippen molar-refractivity contribution < 1.29 is 19.1 Å². The summed E-state index contributed by atoms with van der Waals surface area (Å²) in [5.74, 6) is 0.219. The first kappa shape index (κ1) is 29.7. The number of nitrogens with one attached hydrogen (secondary N) is 1. The van der Waals surface area contributed by atoms with E-state index in [1.54, 1.807) is 24.3 Å². The molecule has 40 heavy (non-hydrogen) atoms. The highest BCUT2D eigenvalue weighted by Gasteiger charge is 2.26. The lowest BCUT2D eigenvalue weighted by Gasteiger charge is -2.16. The number of aryl methyl sites for hydroxylation is 1. The molecule has 0 aliphatic heterocycles. The Morgan fingerprint density at radius 3 is 2.62 bits per heavy atom. The number of nitrogens with zero attached hydrogens (tertiary/aromatic N) is 3. The van der Waals surface area contributed by atoms with Gasteiger partial charge in [0, 0.05) is 22.0 Å². The van der Waals surface area contributed by atoms with Crippen LogP contribution in [0.4, 0.5) is 5.00 Å². The molecule has 0 aliphatic rings. The molecule has 4 rings (SSSR count). The van der Waals surface area contributed by atoms with Gasteiger partial charge in [0.1, 0.15) is 16.3 Å². The first-order valence-corrected chi connectivity index (χ1v) is 14.6. The van der Waals surface area contributed by atoms with Gasteiger partial charge in [-0.2, -0.15) is 0 Å². The Morgan fingerprint density at radius 2 is 1.95 bits per heavy atom. The lowest BCUT2D eigenvalue weighted by molar-refractivity contribution is -0.113. The highest BCUT2D eigenvalue weighted by molar-refractivity contribution is 7.99. The summed E-state index contributed by atoms with van der Waals surface area (Å²) < 4.78 is 12.9. The number of hydrogen-bond donors (Lipinski definition) is 1. The molecule has 0 saturated heterocycles. The summed E-state index contributed by atoms with van der Waals surface area (Å²) in [6.07, 6.45) is 1.21. The number of methoxy groups -OCH3 is 1. The summed E-state index contributed by atoms with van der Waals surface area (Å²) in [5.41, 5.74) is 1.94. The molecule has 0 fully saturated rings. The van der Waals surface area contributed by atoms with Gasteiger partial charge in [0.25, 0.3) is 0 Å². The topological polar surface area (TPSA) is 95.3 Å². The second kappa shape index (κ2) is 13.4. The molecule has 2 aromatic carbocycles. The van der Waals surface area contributed by atoms with Crippen LogP contribution in [0.25, 0.3) is 11.1 Å². The summed E-state index contributed by atoms with van der Waals surface area (Å²) in [4.78, 5) is 26.6. The maximum atomic E-state index is 13.0. The van der Waals surface area contributed by atoms with Gasteiger partial charge in [-0.15, -0.1) is 28.1 Å². The molecule has 208 valence electrons. The van der Waals surface area contributed by atoms with Crippen LogP contribution in [0.15, 0.2) is 66.3 Å². The van der Waals surface area contributed by atoms with E-state index in [1.807, 2.05) is 48.7 Å². The van der Waals surface area contributed by atoms with Gasteiger partial charge >= 0.3 is 5.97 Å². The monoisotopic (exact) mass is 616 g/mol. The van der Waals surface area contributed by atoms with Crippen LogP contribution in [0, 0.1) is 6.92 Å². The molecule has 0 radical (unpaired) electrons. The van der Waals surface area contributed by atoms with E-state index in [9.17, 15) is 9.59 Å². The Hall–Kier alpha value is -3.31. The summed E-state index contributed by atoms with van der Waals surface area (Å²) in [6, 6.07) is 14.5. The summed E-state index contributed by atoms with van der Waals surface area (Å²) >= 11 is 14.8. The first-order valence-electron chi connectivity index (χ1n) is 12.1. The molecule has 2 aromatic heterocycles. The fourth-order valence-corrected chi connectivity index (χ4v) is 6.29. The van der Waals surface area contributed by atoms with Gasteiger partial charge in [-0.25, -0.2) is 4.79 Å². The van der Waals surface area contributed by atoms with Crippen molar-refractivity contribution in [2.75, 3.05) is 18.2 Å². The molecule has 2 heterocycles. The quantitative estimate of drug-likeness (QED) is 0.106. The average Bonchev–Trinajstić information content (AvgIpc) is 3.49. The van der Waals surface area contributed by atoms with E-state index in [0.717, 1.165) is 16.0 Å². The number of allylic oxidation sites excluding steroid dienone is 1. The lowest BCUT2D eigenvalue weighted by Crippen LogP contribution is -2.17. The molecule has 0 bridgehead atoms. The predicted octanol–water partition coefficient (Wildman–Crippen LogP) is 7.47. The van der Waals surface area contributed by atoms with E-state index in [1.165, 1.54) is 30.2 Å². The highest BCUT2D eigenvalue weighted by atomic mass is 35.5. The third-order valence-electron chi connectivity index (χ3n) is 5.74. The average molecular weight is 618 g/mol. The minimum atomic E-state index is -0.517. The number of hydrogen-bond acceptors (Lipinski definition) is 8. The van der Waals surface area contributed by atoms with E-state index in [2.05, 4.69) is 22.1 Å². The van der Waals surface area contributed by atoms with Crippen molar-refractivity contribution in [2.45, 2.75) is 31.7 Å². The highest BCUT2D eigenvalue weighted by Crippen LogP contribution is 2.40. The number of anilines is 1. The predicted molar refractivity (Wildman–Crippen MR) is 161 cm³/mol. The van der Waals surface area contributed by atoms with Crippen molar-refractivity contribution in [1.82, 2.24) is 14.8 Å². The summed E-state index contributed by atoms with van der Waals surface area (Å²) in [6.45, 7) is 7.96. The van der Waals surface area contributed by atoms with Gasteiger partial charge in [-0.3, -0.25) is 9.36 Å². The first-order chi connectivity index (χ1) is 19.2. The molecule has 1 N–H and O–H groups in total. The second-order valence-corrected chi connectivity index (χ2v) is 11.5. The molecule has 12 heteroatoms. The van der Waals surface area contributed by atoms with Crippen molar-refractivity contribution in [3.05, 3.63) is 87.5 Å². The molecule has 0 saturated carbocycles. The number of thiophene rings is 1. The van der Waals surface area contributed by atoms with Crippen molar-refractivity contribution >= 4 is 63.2 Å². The zero-order valence-electron chi connectivity index (χ0n) is 21.9. The van der Waals surface area contributed by atoms with Crippen LogP contribution in [0.1, 0.15) is 34.1 Å². The smallest absolute Gasteiger partial charge is 0.341 e. The van der Waals surface area contributed by atoms with Gasteiger partial charge in [-0.1, -0.05) is 71.4 Å². The Labute approximate surface area is 250 Å². The third kappa shape index (κ3) is 6.69. The van der Waals surface area contributed by atoms with E-state index in [4.69, 9.17) is 32.7 Å². The number of carbonyl (C=O) groups is 2. The van der Waals surface area contributed by atoms with Crippen LogP contribution in [0.3, 0.4) is 0 Å². The minimum Gasteiger partial charge on any atom is -0.481 e. The Morgan fingerprint density at radius 1 is 1.20 bits per heavy atom. The summed E-state index contributed by atoms with van der Waals surface area (Å²) in [5, 5.41) is 13.3. The fourth-order valence-electron chi connectivity index (χ4n) is 4.00.